The van der Waals surface area contributed by atoms with Crippen LogP contribution in [0.15, 0.2) is 158 Å². The van der Waals surface area contributed by atoms with Crippen LogP contribution in [0.5, 0.6) is 0 Å². The molecule has 8 rings (SSSR count). The second-order valence-corrected chi connectivity index (χ2v) is 11.4. The summed E-state index contributed by atoms with van der Waals surface area (Å²) in [5.74, 6) is 0. The number of fused-ring (bicyclic) bond motifs is 6. The molecular formula is C44H30. The van der Waals surface area contributed by atoms with Crippen LogP contribution in [0.1, 0.15) is 22.3 Å². The molecule has 0 aromatic heterocycles. The summed E-state index contributed by atoms with van der Waals surface area (Å²) in [6.45, 7) is 0. The van der Waals surface area contributed by atoms with E-state index in [0.29, 0.717) is 0 Å². The first-order valence-electron chi connectivity index (χ1n) is 15.2. The quantitative estimate of drug-likeness (QED) is 0.146. The molecule has 0 atom stereocenters. The maximum atomic E-state index is 2.29. The highest BCUT2D eigenvalue weighted by Gasteiger charge is 2.06. The van der Waals surface area contributed by atoms with Crippen LogP contribution < -0.4 is 0 Å². The van der Waals surface area contributed by atoms with Gasteiger partial charge in [-0.25, -0.2) is 0 Å². The van der Waals surface area contributed by atoms with E-state index in [4.69, 9.17) is 0 Å². The molecule has 206 valence electrons. The Morgan fingerprint density at radius 3 is 1.02 bits per heavy atom. The molecule has 0 nitrogen and oxygen atoms in total. The average Bonchev–Trinajstić information content (AvgIpc) is 3.10. The van der Waals surface area contributed by atoms with Gasteiger partial charge in [0, 0.05) is 0 Å². The molecule has 44 heavy (non-hydrogen) atoms. The maximum absolute atomic E-state index is 2.29. The van der Waals surface area contributed by atoms with Crippen molar-refractivity contribution in [2.24, 2.45) is 0 Å². The minimum atomic E-state index is 1.19. The average molecular weight is 559 g/mol. The van der Waals surface area contributed by atoms with Gasteiger partial charge >= 0.3 is 0 Å². The predicted molar refractivity (Wildman–Crippen MR) is 193 cm³/mol. The zero-order valence-corrected chi connectivity index (χ0v) is 24.3. The molecule has 0 saturated heterocycles. The summed E-state index contributed by atoms with van der Waals surface area (Å²) >= 11 is 0. The Labute approximate surface area is 257 Å². The van der Waals surface area contributed by atoms with E-state index < -0.39 is 0 Å². The normalized spacial score (nSPS) is 11.9. The molecule has 0 saturated carbocycles. The van der Waals surface area contributed by atoms with E-state index in [-0.39, 0.29) is 0 Å². The summed E-state index contributed by atoms with van der Waals surface area (Å²) in [5.41, 5.74) is 7.29. The van der Waals surface area contributed by atoms with Crippen LogP contribution in [0.4, 0.5) is 0 Å². The van der Waals surface area contributed by atoms with Crippen LogP contribution >= 0.6 is 0 Å². The van der Waals surface area contributed by atoms with Gasteiger partial charge in [-0.15, -0.1) is 0 Å². The van der Waals surface area contributed by atoms with Crippen LogP contribution in [-0.2, 0) is 0 Å². The Balaban J connectivity index is 1.03. The fraction of sp³-hybridized carbons (Fsp3) is 0. The molecule has 0 N–H and O–H groups in total. The summed E-state index contributed by atoms with van der Waals surface area (Å²) < 4.78 is 0. The highest BCUT2D eigenvalue weighted by molar-refractivity contribution is 6.12. The lowest BCUT2D eigenvalue weighted by molar-refractivity contribution is 1.59. The molecule has 0 fully saturated rings. The monoisotopic (exact) mass is 558 g/mol. The Bertz CT molecular complexity index is 2180. The summed E-state index contributed by atoms with van der Waals surface area (Å²) in [5, 5.41) is 10.3. The van der Waals surface area contributed by atoms with Gasteiger partial charge in [-0.1, -0.05) is 170 Å². The van der Waals surface area contributed by atoms with Crippen molar-refractivity contribution in [3.05, 3.63) is 180 Å². The van der Waals surface area contributed by atoms with Crippen molar-refractivity contribution in [1.29, 1.82) is 0 Å². The van der Waals surface area contributed by atoms with Crippen molar-refractivity contribution in [3.63, 3.8) is 0 Å². The lowest BCUT2D eigenvalue weighted by Crippen LogP contribution is -1.83. The Morgan fingerprint density at radius 2 is 0.614 bits per heavy atom. The first-order chi connectivity index (χ1) is 21.8. The van der Waals surface area contributed by atoms with E-state index in [1.165, 1.54) is 76.5 Å². The van der Waals surface area contributed by atoms with E-state index in [9.17, 15) is 0 Å². The van der Waals surface area contributed by atoms with E-state index in [1.54, 1.807) is 0 Å². The predicted octanol–water partition coefficient (Wildman–Crippen LogP) is 12.3. The van der Waals surface area contributed by atoms with Crippen molar-refractivity contribution >= 4 is 67.4 Å². The van der Waals surface area contributed by atoms with Crippen LogP contribution in [0.3, 0.4) is 0 Å². The largest absolute Gasteiger partial charge is 0.0616 e. The van der Waals surface area contributed by atoms with Gasteiger partial charge in [0.1, 0.15) is 0 Å². The molecule has 0 aliphatic rings. The highest BCUT2D eigenvalue weighted by atomic mass is 14.1. The van der Waals surface area contributed by atoms with Gasteiger partial charge in [-0.05, 0) is 88.6 Å². The molecule has 0 heterocycles. The summed E-state index contributed by atoms with van der Waals surface area (Å²) in [6, 6.07) is 56.9. The second-order valence-electron chi connectivity index (χ2n) is 11.4. The molecule has 8 aromatic rings. The van der Waals surface area contributed by atoms with E-state index >= 15 is 0 Å². The van der Waals surface area contributed by atoms with Crippen LogP contribution in [0, 0.1) is 0 Å². The lowest BCUT2D eigenvalue weighted by Gasteiger charge is -2.08. The van der Waals surface area contributed by atoms with Gasteiger partial charge in [0.25, 0.3) is 0 Å². The van der Waals surface area contributed by atoms with Crippen LogP contribution in [0.25, 0.3) is 78.5 Å². The molecule has 0 radical (unpaired) electrons. The number of rotatable bonds is 5. The number of hydrogen-bond acceptors (Lipinski definition) is 0. The highest BCUT2D eigenvalue weighted by Crippen LogP contribution is 2.31. The molecule has 0 aliphatic heterocycles. The summed E-state index contributed by atoms with van der Waals surface area (Å²) in [4.78, 5) is 0. The number of hydrogen-bond donors (Lipinski definition) is 0. The van der Waals surface area contributed by atoms with E-state index in [1.807, 2.05) is 0 Å². The minimum absolute atomic E-state index is 1.19. The van der Waals surface area contributed by atoms with Crippen molar-refractivity contribution < 1.29 is 0 Å². The molecular weight excluding hydrogens is 528 g/mol. The molecule has 8 aromatic carbocycles. The van der Waals surface area contributed by atoms with E-state index in [0.717, 1.165) is 0 Å². The third-order valence-electron chi connectivity index (χ3n) is 8.67. The van der Waals surface area contributed by atoms with Crippen LogP contribution in [-0.4, -0.2) is 0 Å². The molecule has 0 amide bonds. The van der Waals surface area contributed by atoms with Crippen molar-refractivity contribution in [1.82, 2.24) is 0 Å². The van der Waals surface area contributed by atoms with Crippen molar-refractivity contribution in [2.45, 2.75) is 0 Å². The van der Waals surface area contributed by atoms with Gasteiger partial charge in [0.15, 0.2) is 0 Å². The standard InChI is InChI=1S/C44H30/c1-3-11-39-35(9-1)29-37(41-13-5-7-15-43(39)41)27-21-31-17-23-33(24-18-31)34-25-19-32(20-26-34)22-28-38-30-36-10-2-4-12-40(36)44-16-8-6-14-42(38)44/h1-30H. The number of benzene rings is 8. The zero-order valence-electron chi connectivity index (χ0n) is 24.3. The first kappa shape index (κ1) is 25.9. The molecule has 0 bridgehead atoms. The Hall–Kier alpha value is -5.72. The third kappa shape index (κ3) is 4.87. The molecule has 0 aliphatic carbocycles. The topological polar surface area (TPSA) is 0 Å². The van der Waals surface area contributed by atoms with Gasteiger partial charge < -0.3 is 0 Å². The van der Waals surface area contributed by atoms with Gasteiger partial charge in [0.05, 0.1) is 0 Å². The summed E-state index contributed by atoms with van der Waals surface area (Å²) in [7, 11) is 0. The molecule has 0 unspecified atom stereocenters. The first-order valence-corrected chi connectivity index (χ1v) is 15.2. The fourth-order valence-electron chi connectivity index (χ4n) is 6.39. The van der Waals surface area contributed by atoms with Gasteiger partial charge in [0.2, 0.25) is 0 Å². The van der Waals surface area contributed by atoms with Crippen molar-refractivity contribution in [2.75, 3.05) is 0 Å². The minimum Gasteiger partial charge on any atom is -0.0616 e. The third-order valence-corrected chi connectivity index (χ3v) is 8.67. The molecule has 0 heteroatoms. The summed E-state index contributed by atoms with van der Waals surface area (Å²) in [6.07, 6.45) is 8.91. The zero-order chi connectivity index (χ0) is 29.3. The van der Waals surface area contributed by atoms with Gasteiger partial charge in [-0.3, -0.25) is 0 Å². The fourth-order valence-corrected chi connectivity index (χ4v) is 6.39. The van der Waals surface area contributed by atoms with Gasteiger partial charge in [-0.2, -0.15) is 0 Å². The molecule has 0 spiro atoms. The Morgan fingerprint density at radius 1 is 0.273 bits per heavy atom. The maximum Gasteiger partial charge on any atom is -0.00994 e. The lowest BCUT2D eigenvalue weighted by atomic mass is 9.96. The second kappa shape index (κ2) is 11.2. The van der Waals surface area contributed by atoms with E-state index in [2.05, 4.69) is 182 Å². The Kier molecular flexibility index (Phi) is 6.59. The smallest absolute Gasteiger partial charge is 0.00994 e. The van der Waals surface area contributed by atoms with Crippen LogP contribution in [0.2, 0.25) is 0 Å². The SMILES string of the molecule is C(=Cc1cc2ccccc2c2ccccc12)c1ccc(-c2ccc(C=Cc3cc4ccccc4c4ccccc34)cc2)cc1. The van der Waals surface area contributed by atoms with Crippen molar-refractivity contribution in [3.8, 4) is 11.1 Å².